The SMILES string of the molecule is CNCc1nnc(NCC(C)C(C)(C)C)o1. The van der Waals surface area contributed by atoms with Gasteiger partial charge in [0, 0.05) is 6.54 Å². The first-order chi connectivity index (χ1) is 7.43. The number of nitrogens with one attached hydrogen (secondary N) is 2. The number of anilines is 1. The fraction of sp³-hybridized carbons (Fsp3) is 0.818. The van der Waals surface area contributed by atoms with Gasteiger partial charge in [0.1, 0.15) is 0 Å². The molecule has 1 rings (SSSR count). The first-order valence-corrected chi connectivity index (χ1v) is 5.64. The Kier molecular flexibility index (Phi) is 4.29. The van der Waals surface area contributed by atoms with Gasteiger partial charge in [-0.3, -0.25) is 0 Å². The van der Waals surface area contributed by atoms with Gasteiger partial charge in [0.2, 0.25) is 5.89 Å². The van der Waals surface area contributed by atoms with Crippen molar-refractivity contribution in [1.29, 1.82) is 0 Å². The van der Waals surface area contributed by atoms with Crippen LogP contribution < -0.4 is 10.6 Å². The van der Waals surface area contributed by atoms with E-state index in [1.165, 1.54) is 0 Å². The lowest BCUT2D eigenvalue weighted by atomic mass is 9.82. The van der Waals surface area contributed by atoms with E-state index in [9.17, 15) is 0 Å². The minimum Gasteiger partial charge on any atom is -0.407 e. The molecule has 0 amide bonds. The van der Waals surface area contributed by atoms with Gasteiger partial charge in [-0.2, -0.15) is 0 Å². The van der Waals surface area contributed by atoms with Crippen LogP contribution in [-0.4, -0.2) is 23.8 Å². The Bertz CT molecular complexity index is 316. The summed E-state index contributed by atoms with van der Waals surface area (Å²) in [6.45, 7) is 10.3. The zero-order valence-corrected chi connectivity index (χ0v) is 10.8. The molecular weight excluding hydrogens is 204 g/mol. The predicted octanol–water partition coefficient (Wildman–Crippen LogP) is 1.88. The van der Waals surface area contributed by atoms with Gasteiger partial charge in [-0.15, -0.1) is 5.10 Å². The van der Waals surface area contributed by atoms with Crippen molar-refractivity contribution >= 4 is 6.01 Å². The van der Waals surface area contributed by atoms with Gasteiger partial charge in [-0.1, -0.05) is 32.8 Å². The van der Waals surface area contributed by atoms with Gasteiger partial charge in [0.15, 0.2) is 0 Å². The van der Waals surface area contributed by atoms with Crippen LogP contribution in [0.4, 0.5) is 6.01 Å². The smallest absolute Gasteiger partial charge is 0.315 e. The zero-order chi connectivity index (χ0) is 12.2. The van der Waals surface area contributed by atoms with Gasteiger partial charge < -0.3 is 15.1 Å². The summed E-state index contributed by atoms with van der Waals surface area (Å²) in [4.78, 5) is 0. The quantitative estimate of drug-likeness (QED) is 0.802. The van der Waals surface area contributed by atoms with Crippen LogP contribution in [0.2, 0.25) is 0 Å². The summed E-state index contributed by atoms with van der Waals surface area (Å²) in [5.41, 5.74) is 0.279. The second-order valence-corrected chi connectivity index (χ2v) is 5.18. The molecule has 0 fully saturated rings. The Hall–Kier alpha value is -1.10. The molecule has 16 heavy (non-hydrogen) atoms. The second kappa shape index (κ2) is 5.30. The van der Waals surface area contributed by atoms with E-state index in [-0.39, 0.29) is 5.41 Å². The van der Waals surface area contributed by atoms with E-state index in [0.29, 0.717) is 24.4 Å². The van der Waals surface area contributed by atoms with Crippen molar-refractivity contribution in [2.75, 3.05) is 18.9 Å². The Balaban J connectivity index is 2.42. The minimum absolute atomic E-state index is 0.279. The van der Waals surface area contributed by atoms with Crippen molar-refractivity contribution in [2.45, 2.75) is 34.2 Å². The number of hydrogen-bond donors (Lipinski definition) is 2. The highest BCUT2D eigenvalue weighted by molar-refractivity contribution is 5.16. The first-order valence-electron chi connectivity index (χ1n) is 5.64. The maximum absolute atomic E-state index is 5.39. The molecule has 2 N–H and O–H groups in total. The minimum atomic E-state index is 0.279. The molecule has 1 aromatic heterocycles. The van der Waals surface area contributed by atoms with Crippen LogP contribution in [0.25, 0.3) is 0 Å². The van der Waals surface area contributed by atoms with Crippen molar-refractivity contribution in [3.8, 4) is 0 Å². The van der Waals surface area contributed by atoms with Crippen molar-refractivity contribution in [2.24, 2.45) is 11.3 Å². The molecule has 1 heterocycles. The third-order valence-electron chi connectivity index (χ3n) is 2.83. The Morgan fingerprint density at radius 2 is 2.00 bits per heavy atom. The van der Waals surface area contributed by atoms with Crippen molar-refractivity contribution < 1.29 is 4.42 Å². The van der Waals surface area contributed by atoms with E-state index in [4.69, 9.17) is 4.42 Å². The average molecular weight is 226 g/mol. The average Bonchev–Trinajstić information content (AvgIpc) is 2.61. The molecule has 0 bridgehead atoms. The lowest BCUT2D eigenvalue weighted by Gasteiger charge is -2.26. The Morgan fingerprint density at radius 3 is 2.56 bits per heavy atom. The van der Waals surface area contributed by atoms with Gasteiger partial charge in [-0.05, 0) is 18.4 Å². The molecule has 0 spiro atoms. The third-order valence-corrected chi connectivity index (χ3v) is 2.83. The third kappa shape index (κ3) is 3.81. The molecule has 5 heteroatoms. The highest BCUT2D eigenvalue weighted by Crippen LogP contribution is 2.25. The molecule has 5 nitrogen and oxygen atoms in total. The molecule has 1 atom stereocenters. The van der Waals surface area contributed by atoms with E-state index < -0.39 is 0 Å². The standard InChI is InChI=1S/C11H22N4O/c1-8(11(2,3)4)6-13-10-15-14-9(16-10)7-12-5/h8,12H,6-7H2,1-5H3,(H,13,15). The maximum atomic E-state index is 5.39. The van der Waals surface area contributed by atoms with Crippen molar-refractivity contribution in [1.82, 2.24) is 15.5 Å². The van der Waals surface area contributed by atoms with Crippen molar-refractivity contribution in [3.63, 3.8) is 0 Å². The lowest BCUT2D eigenvalue weighted by Crippen LogP contribution is -2.24. The van der Waals surface area contributed by atoms with Crippen LogP contribution in [0.5, 0.6) is 0 Å². The highest BCUT2D eigenvalue weighted by atomic mass is 16.4. The topological polar surface area (TPSA) is 63.0 Å². The summed E-state index contributed by atoms with van der Waals surface area (Å²) < 4.78 is 5.39. The molecule has 0 saturated heterocycles. The van der Waals surface area contributed by atoms with Gasteiger partial charge in [0.25, 0.3) is 0 Å². The lowest BCUT2D eigenvalue weighted by molar-refractivity contribution is 0.273. The number of nitrogens with zero attached hydrogens (tertiary/aromatic N) is 2. The van der Waals surface area contributed by atoms with Crippen molar-refractivity contribution in [3.05, 3.63) is 5.89 Å². The second-order valence-electron chi connectivity index (χ2n) is 5.18. The summed E-state index contributed by atoms with van der Waals surface area (Å²) in [6, 6.07) is 0.501. The van der Waals surface area contributed by atoms with Crippen LogP contribution in [0.1, 0.15) is 33.6 Å². The largest absolute Gasteiger partial charge is 0.407 e. The number of rotatable bonds is 5. The molecule has 1 aromatic rings. The monoisotopic (exact) mass is 226 g/mol. The summed E-state index contributed by atoms with van der Waals surface area (Å²) in [5, 5.41) is 13.9. The van der Waals surface area contributed by atoms with Crippen LogP contribution in [0.3, 0.4) is 0 Å². The molecule has 0 radical (unpaired) electrons. The summed E-state index contributed by atoms with van der Waals surface area (Å²) in [6.07, 6.45) is 0. The summed E-state index contributed by atoms with van der Waals surface area (Å²) in [7, 11) is 1.85. The summed E-state index contributed by atoms with van der Waals surface area (Å²) in [5.74, 6) is 1.14. The first kappa shape index (κ1) is 13.0. The van der Waals surface area contributed by atoms with E-state index in [1.54, 1.807) is 0 Å². The molecule has 1 unspecified atom stereocenters. The molecule has 0 aliphatic carbocycles. The van der Waals surface area contributed by atoms with E-state index in [1.807, 2.05) is 7.05 Å². The van der Waals surface area contributed by atoms with Crippen LogP contribution >= 0.6 is 0 Å². The fourth-order valence-corrected chi connectivity index (χ4v) is 1.09. The maximum Gasteiger partial charge on any atom is 0.315 e. The predicted molar refractivity (Wildman–Crippen MR) is 64.2 cm³/mol. The molecule has 92 valence electrons. The van der Waals surface area contributed by atoms with E-state index in [2.05, 4.69) is 48.5 Å². The van der Waals surface area contributed by atoms with Gasteiger partial charge in [-0.25, -0.2) is 0 Å². The van der Waals surface area contributed by atoms with Crippen LogP contribution in [0.15, 0.2) is 4.42 Å². The molecule has 0 aromatic carbocycles. The fourth-order valence-electron chi connectivity index (χ4n) is 1.09. The zero-order valence-electron chi connectivity index (χ0n) is 10.8. The van der Waals surface area contributed by atoms with E-state index in [0.717, 1.165) is 6.54 Å². The molecule has 0 saturated carbocycles. The Morgan fingerprint density at radius 1 is 1.31 bits per heavy atom. The van der Waals surface area contributed by atoms with Crippen LogP contribution in [-0.2, 0) is 6.54 Å². The highest BCUT2D eigenvalue weighted by Gasteiger charge is 2.20. The number of aromatic nitrogens is 2. The normalized spacial score (nSPS) is 13.8. The van der Waals surface area contributed by atoms with Gasteiger partial charge >= 0.3 is 6.01 Å². The van der Waals surface area contributed by atoms with Gasteiger partial charge in [0.05, 0.1) is 6.54 Å². The summed E-state index contributed by atoms with van der Waals surface area (Å²) >= 11 is 0. The van der Waals surface area contributed by atoms with Crippen LogP contribution in [0, 0.1) is 11.3 Å². The molecule has 0 aliphatic rings. The van der Waals surface area contributed by atoms with E-state index >= 15 is 0 Å². The Labute approximate surface area is 97.0 Å². The molecular formula is C11H22N4O. The molecule has 0 aliphatic heterocycles. The number of hydrogen-bond acceptors (Lipinski definition) is 5.